The van der Waals surface area contributed by atoms with Crippen LogP contribution in [0, 0.1) is 0 Å². The van der Waals surface area contributed by atoms with Crippen molar-refractivity contribution in [3.8, 4) is 0 Å². The Labute approximate surface area is 214 Å². The van der Waals surface area contributed by atoms with E-state index in [2.05, 4.69) is 50.6 Å². The lowest BCUT2D eigenvalue weighted by atomic mass is 10.2. The van der Waals surface area contributed by atoms with E-state index in [0.717, 1.165) is 89.6 Å². The Morgan fingerprint density at radius 1 is 1.09 bits per heavy atom. The van der Waals surface area contributed by atoms with Crippen molar-refractivity contribution < 1.29 is 4.79 Å². The molecule has 0 bridgehead atoms. The van der Waals surface area contributed by atoms with Gasteiger partial charge in [-0.1, -0.05) is 12.1 Å². The molecule has 9 heteroatoms. The maximum absolute atomic E-state index is 12.7. The summed E-state index contributed by atoms with van der Waals surface area (Å²) in [6.45, 7) is 12.2. The van der Waals surface area contributed by atoms with Crippen molar-refractivity contribution in [2.24, 2.45) is 4.99 Å². The van der Waals surface area contributed by atoms with Crippen molar-refractivity contribution >= 4 is 46.9 Å². The third-order valence-corrected chi connectivity index (χ3v) is 6.62. The highest BCUT2D eigenvalue weighted by molar-refractivity contribution is 14.0. The number of piperazine rings is 1. The summed E-state index contributed by atoms with van der Waals surface area (Å²) in [7, 11) is 0. The number of amides is 1. The second-order valence-corrected chi connectivity index (χ2v) is 8.75. The Morgan fingerprint density at radius 3 is 2.55 bits per heavy atom. The van der Waals surface area contributed by atoms with Crippen molar-refractivity contribution in [3.63, 3.8) is 0 Å². The van der Waals surface area contributed by atoms with E-state index in [0.29, 0.717) is 5.91 Å². The summed E-state index contributed by atoms with van der Waals surface area (Å²) in [6.07, 6.45) is 5.18. The zero-order valence-electron chi connectivity index (χ0n) is 19.9. The lowest BCUT2D eigenvalue weighted by Gasteiger charge is -2.39. The number of aryl methyl sites for hydroxylation is 1. The van der Waals surface area contributed by atoms with E-state index in [-0.39, 0.29) is 30.0 Å². The number of carbonyl (C=O) groups excluding carboxylic acids is 1. The van der Waals surface area contributed by atoms with Crippen LogP contribution in [0.2, 0.25) is 0 Å². The van der Waals surface area contributed by atoms with Gasteiger partial charge >= 0.3 is 0 Å². The lowest BCUT2D eigenvalue weighted by Crippen LogP contribution is -2.57. The minimum atomic E-state index is -0.0280. The van der Waals surface area contributed by atoms with Gasteiger partial charge < -0.3 is 19.7 Å². The molecule has 2 aliphatic heterocycles. The number of hydrogen-bond acceptors (Lipinski definition) is 4. The standard InChI is InChI=1S/C24H37N7O.HI/c1-3-25-24(26-11-8-14-31-19-27-21-9-4-5-10-22(21)31)30-17-15-28(16-18-30)20(2)23(32)29-12-6-7-13-29;/h4-5,9-10,19-20H,3,6-8,11-18H2,1-2H3,(H,25,26);1H. The number of benzene rings is 1. The van der Waals surface area contributed by atoms with Crippen molar-refractivity contribution in [1.29, 1.82) is 0 Å². The largest absolute Gasteiger partial charge is 0.357 e. The molecule has 182 valence electrons. The number of imidazole rings is 1. The topological polar surface area (TPSA) is 69.0 Å². The minimum absolute atomic E-state index is 0. The van der Waals surface area contributed by atoms with Crippen LogP contribution in [0.15, 0.2) is 35.6 Å². The molecule has 1 aromatic heterocycles. The van der Waals surface area contributed by atoms with E-state index in [1.165, 1.54) is 5.52 Å². The number of guanidine groups is 1. The molecule has 0 radical (unpaired) electrons. The van der Waals surface area contributed by atoms with E-state index in [1.54, 1.807) is 0 Å². The summed E-state index contributed by atoms with van der Waals surface area (Å²) in [4.78, 5) is 28.8. The number of para-hydroxylation sites is 2. The molecule has 1 amide bonds. The average molecular weight is 568 g/mol. The van der Waals surface area contributed by atoms with E-state index in [9.17, 15) is 4.79 Å². The first-order chi connectivity index (χ1) is 15.7. The van der Waals surface area contributed by atoms with Crippen LogP contribution in [0.3, 0.4) is 0 Å². The van der Waals surface area contributed by atoms with Crippen LogP contribution >= 0.6 is 24.0 Å². The molecule has 1 aromatic carbocycles. The Kier molecular flexibility index (Phi) is 9.78. The smallest absolute Gasteiger partial charge is 0.239 e. The van der Waals surface area contributed by atoms with Crippen molar-refractivity contribution in [1.82, 2.24) is 29.6 Å². The molecule has 33 heavy (non-hydrogen) atoms. The fourth-order valence-corrected chi connectivity index (χ4v) is 4.72. The number of likely N-dealkylation sites (tertiary alicyclic amines) is 1. The summed E-state index contributed by atoms with van der Waals surface area (Å²) in [5, 5.41) is 3.45. The maximum atomic E-state index is 12.7. The van der Waals surface area contributed by atoms with Gasteiger partial charge in [0, 0.05) is 58.9 Å². The molecule has 8 nitrogen and oxygen atoms in total. The predicted octanol–water partition coefficient (Wildman–Crippen LogP) is 2.64. The molecule has 0 aliphatic carbocycles. The summed E-state index contributed by atoms with van der Waals surface area (Å²) >= 11 is 0. The Bertz CT molecular complexity index is 916. The van der Waals surface area contributed by atoms with Crippen molar-refractivity contribution in [2.45, 2.75) is 45.7 Å². The fourth-order valence-electron chi connectivity index (χ4n) is 4.72. The van der Waals surface area contributed by atoms with Crippen molar-refractivity contribution in [2.75, 3.05) is 52.4 Å². The minimum Gasteiger partial charge on any atom is -0.357 e. The zero-order valence-corrected chi connectivity index (χ0v) is 22.3. The number of fused-ring (bicyclic) bond motifs is 1. The summed E-state index contributed by atoms with van der Waals surface area (Å²) in [5.41, 5.74) is 2.22. The highest BCUT2D eigenvalue weighted by Crippen LogP contribution is 2.15. The van der Waals surface area contributed by atoms with Crippen LogP contribution in [0.5, 0.6) is 0 Å². The van der Waals surface area contributed by atoms with Gasteiger partial charge in [-0.05, 0) is 45.2 Å². The van der Waals surface area contributed by atoms with Gasteiger partial charge in [0.05, 0.1) is 23.4 Å². The molecule has 1 N–H and O–H groups in total. The van der Waals surface area contributed by atoms with Crippen LogP contribution in [0.4, 0.5) is 0 Å². The number of nitrogens with zero attached hydrogens (tertiary/aromatic N) is 6. The van der Waals surface area contributed by atoms with Crippen LogP contribution in [0.25, 0.3) is 11.0 Å². The van der Waals surface area contributed by atoms with Gasteiger partial charge in [-0.15, -0.1) is 24.0 Å². The second kappa shape index (κ2) is 12.5. The summed E-state index contributed by atoms with van der Waals surface area (Å²) in [5.74, 6) is 1.28. The molecular formula is C24H38IN7O. The number of nitrogens with one attached hydrogen (secondary N) is 1. The lowest BCUT2D eigenvalue weighted by molar-refractivity contribution is -0.135. The first kappa shape index (κ1) is 25.7. The third kappa shape index (κ3) is 6.38. The van der Waals surface area contributed by atoms with Crippen LogP contribution in [-0.2, 0) is 11.3 Å². The summed E-state index contributed by atoms with van der Waals surface area (Å²) in [6, 6.07) is 8.22. The number of carbonyl (C=O) groups is 1. The Balaban J connectivity index is 0.00000306. The first-order valence-corrected chi connectivity index (χ1v) is 12.1. The maximum Gasteiger partial charge on any atom is 0.239 e. The average Bonchev–Trinajstić information content (AvgIpc) is 3.51. The number of aliphatic imine (C=N–C) groups is 1. The van der Waals surface area contributed by atoms with Gasteiger partial charge in [0.15, 0.2) is 5.96 Å². The van der Waals surface area contributed by atoms with E-state index in [1.807, 2.05) is 23.4 Å². The highest BCUT2D eigenvalue weighted by Gasteiger charge is 2.30. The quantitative estimate of drug-likeness (QED) is 0.241. The number of hydrogen-bond donors (Lipinski definition) is 1. The molecule has 3 heterocycles. The van der Waals surface area contributed by atoms with Gasteiger partial charge in [0.25, 0.3) is 0 Å². The summed E-state index contributed by atoms with van der Waals surface area (Å²) < 4.78 is 2.20. The SMILES string of the molecule is CCNC(=NCCCn1cnc2ccccc21)N1CCN(C(C)C(=O)N2CCCC2)CC1.I. The predicted molar refractivity (Wildman–Crippen MR) is 144 cm³/mol. The Hall–Kier alpha value is -1.88. The number of aromatic nitrogens is 2. The molecule has 2 saturated heterocycles. The van der Waals surface area contributed by atoms with E-state index in [4.69, 9.17) is 4.99 Å². The molecule has 4 rings (SSSR count). The molecule has 2 aromatic rings. The van der Waals surface area contributed by atoms with Gasteiger partial charge in [0.1, 0.15) is 0 Å². The van der Waals surface area contributed by atoms with Gasteiger partial charge in [-0.2, -0.15) is 0 Å². The third-order valence-electron chi connectivity index (χ3n) is 6.62. The number of rotatable bonds is 7. The van der Waals surface area contributed by atoms with Gasteiger partial charge in [0.2, 0.25) is 5.91 Å². The molecule has 2 fully saturated rings. The van der Waals surface area contributed by atoms with Crippen LogP contribution in [-0.4, -0.2) is 94.5 Å². The van der Waals surface area contributed by atoms with E-state index >= 15 is 0 Å². The monoisotopic (exact) mass is 567 g/mol. The van der Waals surface area contributed by atoms with E-state index < -0.39 is 0 Å². The zero-order chi connectivity index (χ0) is 22.3. The second-order valence-electron chi connectivity index (χ2n) is 8.75. The normalized spacial score (nSPS) is 18.4. The molecule has 1 atom stereocenters. The highest BCUT2D eigenvalue weighted by atomic mass is 127. The fraction of sp³-hybridized carbons (Fsp3) is 0.625. The molecule has 2 aliphatic rings. The molecule has 0 saturated carbocycles. The van der Waals surface area contributed by atoms with Crippen LogP contribution < -0.4 is 5.32 Å². The van der Waals surface area contributed by atoms with Crippen LogP contribution in [0.1, 0.15) is 33.1 Å². The van der Waals surface area contributed by atoms with Gasteiger partial charge in [-0.3, -0.25) is 14.7 Å². The van der Waals surface area contributed by atoms with Crippen molar-refractivity contribution in [3.05, 3.63) is 30.6 Å². The van der Waals surface area contributed by atoms with Gasteiger partial charge in [-0.25, -0.2) is 4.98 Å². The Morgan fingerprint density at radius 2 is 1.82 bits per heavy atom. The number of halogens is 1. The molecular weight excluding hydrogens is 529 g/mol. The molecule has 0 spiro atoms. The first-order valence-electron chi connectivity index (χ1n) is 12.1. The molecule has 1 unspecified atom stereocenters.